The molecule has 0 aromatic heterocycles. The number of hydrogen-bond acceptors (Lipinski definition) is 3. The fourth-order valence-corrected chi connectivity index (χ4v) is 0.880. The Balaban J connectivity index is 3.69. The van der Waals surface area contributed by atoms with Crippen LogP contribution in [-0.4, -0.2) is 30.2 Å². The lowest BCUT2D eigenvalue weighted by Gasteiger charge is -2.24. The predicted molar refractivity (Wildman–Crippen MR) is 52.1 cm³/mol. The summed E-state index contributed by atoms with van der Waals surface area (Å²) in [6.07, 6.45) is 0.335. The van der Waals surface area contributed by atoms with Crippen molar-refractivity contribution < 1.29 is 9.90 Å². The van der Waals surface area contributed by atoms with Crippen LogP contribution in [0.15, 0.2) is 0 Å². The molecule has 4 heteroatoms. The van der Waals surface area contributed by atoms with Crippen molar-refractivity contribution >= 4 is 5.91 Å². The Morgan fingerprint density at radius 1 is 1.62 bits per heavy atom. The van der Waals surface area contributed by atoms with E-state index < -0.39 is 0 Å². The number of rotatable bonds is 6. The van der Waals surface area contributed by atoms with Crippen molar-refractivity contribution in [1.82, 2.24) is 5.32 Å². The van der Waals surface area contributed by atoms with E-state index >= 15 is 0 Å². The van der Waals surface area contributed by atoms with Crippen LogP contribution in [0.3, 0.4) is 0 Å². The second-order valence-electron chi connectivity index (χ2n) is 4.27. The Labute approximate surface area is 79.5 Å². The van der Waals surface area contributed by atoms with Gasteiger partial charge in [-0.05, 0) is 6.92 Å². The summed E-state index contributed by atoms with van der Waals surface area (Å²) in [6, 6.07) is 0.0725. The maximum absolute atomic E-state index is 10.5. The summed E-state index contributed by atoms with van der Waals surface area (Å²) in [4.78, 5) is 10.5. The molecule has 13 heavy (non-hydrogen) atoms. The first-order valence-electron chi connectivity index (χ1n) is 4.50. The molecular weight excluding hydrogens is 168 g/mol. The number of carbonyl (C=O) groups is 1. The quantitative estimate of drug-likeness (QED) is 0.543. The van der Waals surface area contributed by atoms with E-state index in [0.717, 1.165) is 0 Å². The van der Waals surface area contributed by atoms with Crippen LogP contribution in [0.2, 0.25) is 0 Å². The average molecular weight is 188 g/mol. The number of amides is 1. The summed E-state index contributed by atoms with van der Waals surface area (Å²) >= 11 is 0. The second-order valence-corrected chi connectivity index (χ2v) is 4.27. The number of carbonyl (C=O) groups excluding carboxylic acids is 1. The van der Waals surface area contributed by atoms with Gasteiger partial charge in [0.1, 0.15) is 0 Å². The van der Waals surface area contributed by atoms with E-state index in [1.165, 1.54) is 0 Å². The Bertz CT molecular complexity index is 169. The van der Waals surface area contributed by atoms with Gasteiger partial charge in [0.15, 0.2) is 0 Å². The van der Waals surface area contributed by atoms with Crippen LogP contribution in [0, 0.1) is 5.41 Å². The Morgan fingerprint density at radius 3 is 2.54 bits per heavy atom. The van der Waals surface area contributed by atoms with Crippen LogP contribution in [-0.2, 0) is 4.79 Å². The van der Waals surface area contributed by atoms with Gasteiger partial charge in [-0.15, -0.1) is 0 Å². The molecule has 0 heterocycles. The highest BCUT2D eigenvalue weighted by molar-refractivity contribution is 5.74. The lowest BCUT2D eigenvalue weighted by atomic mass is 9.94. The maximum Gasteiger partial charge on any atom is 0.218 e. The van der Waals surface area contributed by atoms with Gasteiger partial charge in [0.2, 0.25) is 5.91 Å². The third kappa shape index (κ3) is 6.54. The van der Waals surface area contributed by atoms with E-state index in [1.807, 2.05) is 20.8 Å². The van der Waals surface area contributed by atoms with Crippen LogP contribution in [0.1, 0.15) is 27.2 Å². The van der Waals surface area contributed by atoms with Crippen molar-refractivity contribution in [2.75, 3.05) is 13.2 Å². The molecule has 78 valence electrons. The molecule has 4 N–H and O–H groups in total. The fraction of sp³-hybridized carbons (Fsp3) is 0.889. The Morgan fingerprint density at radius 2 is 2.15 bits per heavy atom. The number of primary amides is 1. The van der Waals surface area contributed by atoms with Gasteiger partial charge < -0.3 is 16.2 Å². The van der Waals surface area contributed by atoms with Crippen molar-refractivity contribution in [2.45, 2.75) is 33.2 Å². The van der Waals surface area contributed by atoms with E-state index in [4.69, 9.17) is 10.8 Å². The topological polar surface area (TPSA) is 75.4 Å². The van der Waals surface area contributed by atoms with E-state index in [1.54, 1.807) is 0 Å². The van der Waals surface area contributed by atoms with Gasteiger partial charge in [0, 0.05) is 31.0 Å². The van der Waals surface area contributed by atoms with Crippen molar-refractivity contribution in [3.63, 3.8) is 0 Å². The minimum absolute atomic E-state index is 0.0725. The fourth-order valence-electron chi connectivity index (χ4n) is 0.880. The molecule has 0 radical (unpaired) electrons. The minimum Gasteiger partial charge on any atom is -0.396 e. The summed E-state index contributed by atoms with van der Waals surface area (Å²) in [7, 11) is 0. The van der Waals surface area contributed by atoms with Gasteiger partial charge in [0.25, 0.3) is 0 Å². The van der Waals surface area contributed by atoms with Gasteiger partial charge in [-0.2, -0.15) is 0 Å². The van der Waals surface area contributed by atoms with Crippen LogP contribution < -0.4 is 11.1 Å². The Kier molecular flexibility index (Phi) is 4.95. The van der Waals surface area contributed by atoms with Crippen LogP contribution in [0.4, 0.5) is 0 Å². The molecule has 0 aromatic carbocycles. The zero-order chi connectivity index (χ0) is 10.5. The van der Waals surface area contributed by atoms with Crippen molar-refractivity contribution in [1.29, 1.82) is 0 Å². The van der Waals surface area contributed by atoms with E-state index in [0.29, 0.717) is 13.0 Å². The van der Waals surface area contributed by atoms with Gasteiger partial charge in [0.05, 0.1) is 0 Å². The highest BCUT2D eigenvalue weighted by Crippen LogP contribution is 2.11. The highest BCUT2D eigenvalue weighted by atomic mass is 16.3. The zero-order valence-electron chi connectivity index (χ0n) is 8.63. The first kappa shape index (κ1) is 12.4. The lowest BCUT2D eigenvalue weighted by Crippen LogP contribution is -2.39. The summed E-state index contributed by atoms with van der Waals surface area (Å²) in [5.41, 5.74) is 4.89. The molecule has 1 atom stereocenters. The second kappa shape index (κ2) is 5.19. The van der Waals surface area contributed by atoms with Crippen LogP contribution >= 0.6 is 0 Å². The van der Waals surface area contributed by atoms with E-state index in [2.05, 4.69) is 5.32 Å². The molecule has 0 aromatic rings. The van der Waals surface area contributed by atoms with Gasteiger partial charge in [-0.25, -0.2) is 0 Å². The number of hydrogen-bond donors (Lipinski definition) is 3. The molecule has 1 amide bonds. The monoisotopic (exact) mass is 188 g/mol. The molecule has 0 aliphatic heterocycles. The largest absolute Gasteiger partial charge is 0.396 e. The number of nitrogens with one attached hydrogen (secondary N) is 1. The van der Waals surface area contributed by atoms with E-state index in [-0.39, 0.29) is 24.0 Å². The first-order valence-corrected chi connectivity index (χ1v) is 4.50. The van der Waals surface area contributed by atoms with Gasteiger partial charge in [-0.3, -0.25) is 4.79 Å². The summed E-state index contributed by atoms with van der Waals surface area (Å²) in [5, 5.41) is 12.1. The normalized spacial score (nSPS) is 14.2. The first-order chi connectivity index (χ1) is 5.87. The molecule has 0 aliphatic carbocycles. The number of aliphatic hydroxyl groups is 1. The predicted octanol–water partition coefficient (Wildman–Crippen LogP) is -0.142. The molecule has 0 spiro atoms. The molecule has 0 fully saturated rings. The van der Waals surface area contributed by atoms with E-state index in [9.17, 15) is 4.79 Å². The molecule has 1 unspecified atom stereocenters. The molecule has 0 aliphatic rings. The van der Waals surface area contributed by atoms with Crippen molar-refractivity contribution in [3.05, 3.63) is 0 Å². The Hall–Kier alpha value is -0.610. The zero-order valence-corrected chi connectivity index (χ0v) is 8.63. The highest BCUT2D eigenvalue weighted by Gasteiger charge is 2.17. The number of nitrogens with two attached hydrogens (primary N) is 1. The van der Waals surface area contributed by atoms with Crippen LogP contribution in [0.5, 0.6) is 0 Å². The third-order valence-corrected chi connectivity index (χ3v) is 1.86. The third-order valence-electron chi connectivity index (χ3n) is 1.86. The SMILES string of the molecule is CC(CC(N)=O)NCC(C)(C)CO. The molecule has 0 saturated carbocycles. The van der Waals surface area contributed by atoms with Gasteiger partial charge >= 0.3 is 0 Å². The molecule has 4 nitrogen and oxygen atoms in total. The summed E-state index contributed by atoms with van der Waals surface area (Å²) in [5.74, 6) is -0.304. The van der Waals surface area contributed by atoms with Crippen molar-refractivity contribution in [2.24, 2.45) is 11.1 Å². The standard InChI is InChI=1S/C9H20N2O2/c1-7(4-8(10)13)11-5-9(2,3)6-12/h7,11-12H,4-6H2,1-3H3,(H2,10,13). The van der Waals surface area contributed by atoms with Gasteiger partial charge in [-0.1, -0.05) is 13.8 Å². The molecule has 0 saturated heterocycles. The minimum atomic E-state index is -0.304. The van der Waals surface area contributed by atoms with Crippen molar-refractivity contribution in [3.8, 4) is 0 Å². The van der Waals surface area contributed by atoms with Crippen LogP contribution in [0.25, 0.3) is 0 Å². The maximum atomic E-state index is 10.5. The summed E-state index contributed by atoms with van der Waals surface area (Å²) < 4.78 is 0. The number of aliphatic hydroxyl groups excluding tert-OH is 1. The molecule has 0 bridgehead atoms. The molecular formula is C9H20N2O2. The smallest absolute Gasteiger partial charge is 0.218 e. The summed E-state index contributed by atoms with van der Waals surface area (Å²) in [6.45, 7) is 6.62. The lowest BCUT2D eigenvalue weighted by molar-refractivity contribution is -0.118. The average Bonchev–Trinajstić information content (AvgIpc) is 2.00. The molecule has 0 rings (SSSR count).